The first kappa shape index (κ1) is 17.3. The van der Waals surface area contributed by atoms with Crippen LogP contribution in [0.15, 0.2) is 4.79 Å². The third-order valence-corrected chi connectivity index (χ3v) is 4.80. The lowest BCUT2D eigenvalue weighted by molar-refractivity contribution is -0.132. The fourth-order valence-electron chi connectivity index (χ4n) is 3.47. The van der Waals surface area contributed by atoms with Gasteiger partial charge in [-0.15, -0.1) is 0 Å². The van der Waals surface area contributed by atoms with E-state index in [2.05, 4.69) is 25.1 Å². The molecule has 3 rings (SSSR count). The standard InChI is InChI=1S/C17H24N6O2/c1-10-14(11(2)19-17(25)18-10)6-7-15(24)23-8-4-5-13(9-23)16-20-12(3)21-22-16/h13H,4-9H2,1-3H3,(H,18,19,25)(H,20,21,22)/t13-/m0/s1. The number of H-pyrrole nitrogens is 2. The van der Waals surface area contributed by atoms with E-state index in [0.717, 1.165) is 42.3 Å². The molecule has 0 radical (unpaired) electrons. The van der Waals surface area contributed by atoms with Crippen LogP contribution in [-0.4, -0.2) is 49.0 Å². The van der Waals surface area contributed by atoms with Crippen LogP contribution < -0.4 is 5.69 Å². The minimum absolute atomic E-state index is 0.127. The van der Waals surface area contributed by atoms with E-state index in [-0.39, 0.29) is 17.5 Å². The van der Waals surface area contributed by atoms with Crippen LogP contribution in [0.25, 0.3) is 0 Å². The monoisotopic (exact) mass is 344 g/mol. The van der Waals surface area contributed by atoms with Crippen molar-refractivity contribution in [3.8, 4) is 0 Å². The summed E-state index contributed by atoms with van der Waals surface area (Å²) in [4.78, 5) is 36.9. The highest BCUT2D eigenvalue weighted by Crippen LogP contribution is 2.25. The van der Waals surface area contributed by atoms with Crippen molar-refractivity contribution in [3.63, 3.8) is 0 Å². The zero-order valence-electron chi connectivity index (χ0n) is 14.9. The SMILES string of the molecule is Cc1nc([C@H]2CCCN(C(=O)CCc3c(C)nc(=O)[nH]c3C)C2)n[nH]1. The van der Waals surface area contributed by atoms with Crippen LogP contribution in [-0.2, 0) is 11.2 Å². The fourth-order valence-corrected chi connectivity index (χ4v) is 3.47. The van der Waals surface area contributed by atoms with Gasteiger partial charge in [0.1, 0.15) is 5.82 Å². The van der Waals surface area contributed by atoms with Gasteiger partial charge in [0.15, 0.2) is 5.82 Å². The Bertz CT molecular complexity index is 799. The first-order valence-corrected chi connectivity index (χ1v) is 8.67. The Morgan fingerprint density at radius 1 is 1.28 bits per heavy atom. The van der Waals surface area contributed by atoms with Crippen LogP contribution in [0.2, 0.25) is 0 Å². The quantitative estimate of drug-likeness (QED) is 0.865. The molecule has 2 N–H and O–H groups in total. The highest BCUT2D eigenvalue weighted by molar-refractivity contribution is 5.76. The molecule has 1 fully saturated rings. The molecule has 0 aliphatic carbocycles. The number of aromatic amines is 2. The predicted octanol–water partition coefficient (Wildman–Crippen LogP) is 1.15. The molecule has 1 amide bonds. The van der Waals surface area contributed by atoms with Crippen LogP contribution in [0.4, 0.5) is 0 Å². The van der Waals surface area contributed by atoms with Gasteiger partial charge in [-0.3, -0.25) is 9.89 Å². The predicted molar refractivity (Wildman–Crippen MR) is 92.3 cm³/mol. The van der Waals surface area contributed by atoms with Gasteiger partial charge in [-0.25, -0.2) is 9.78 Å². The van der Waals surface area contributed by atoms with E-state index in [4.69, 9.17) is 0 Å². The molecule has 1 atom stereocenters. The maximum Gasteiger partial charge on any atom is 0.345 e. The Balaban J connectivity index is 1.62. The van der Waals surface area contributed by atoms with Gasteiger partial charge in [-0.1, -0.05) is 0 Å². The number of piperidine rings is 1. The molecule has 2 aromatic heterocycles. The van der Waals surface area contributed by atoms with Gasteiger partial charge in [0.25, 0.3) is 0 Å². The Morgan fingerprint density at radius 3 is 2.76 bits per heavy atom. The molecule has 0 saturated carbocycles. The fraction of sp³-hybridized carbons (Fsp3) is 0.588. The Labute approximate surface area is 146 Å². The number of carbonyl (C=O) groups is 1. The second-order valence-corrected chi connectivity index (χ2v) is 6.69. The third kappa shape index (κ3) is 3.94. The molecule has 134 valence electrons. The van der Waals surface area contributed by atoms with E-state index in [0.29, 0.717) is 25.1 Å². The summed E-state index contributed by atoms with van der Waals surface area (Å²) in [6, 6.07) is 0. The Kier molecular flexibility index (Phi) is 4.96. The van der Waals surface area contributed by atoms with E-state index in [1.165, 1.54) is 0 Å². The first-order chi connectivity index (χ1) is 11.9. The van der Waals surface area contributed by atoms with Gasteiger partial charge >= 0.3 is 5.69 Å². The number of rotatable bonds is 4. The molecule has 1 aliphatic heterocycles. The number of nitrogens with zero attached hydrogens (tertiary/aromatic N) is 4. The molecule has 1 saturated heterocycles. The third-order valence-electron chi connectivity index (χ3n) is 4.80. The number of hydrogen-bond acceptors (Lipinski definition) is 5. The highest BCUT2D eigenvalue weighted by Gasteiger charge is 2.27. The van der Waals surface area contributed by atoms with Crippen molar-refractivity contribution in [2.45, 2.75) is 52.4 Å². The second-order valence-electron chi connectivity index (χ2n) is 6.69. The van der Waals surface area contributed by atoms with Gasteiger partial charge in [0.05, 0.1) is 0 Å². The Morgan fingerprint density at radius 2 is 2.08 bits per heavy atom. The number of aromatic nitrogens is 5. The van der Waals surface area contributed by atoms with Crippen LogP contribution in [0.1, 0.15) is 53.8 Å². The minimum atomic E-state index is -0.342. The van der Waals surface area contributed by atoms with E-state index in [1.54, 1.807) is 0 Å². The van der Waals surface area contributed by atoms with Crippen molar-refractivity contribution < 1.29 is 4.79 Å². The van der Waals surface area contributed by atoms with Crippen LogP contribution >= 0.6 is 0 Å². The number of aryl methyl sites for hydroxylation is 3. The normalized spacial score (nSPS) is 17.7. The molecule has 0 unspecified atom stereocenters. The summed E-state index contributed by atoms with van der Waals surface area (Å²) >= 11 is 0. The van der Waals surface area contributed by atoms with Gasteiger partial charge in [-0.05, 0) is 45.6 Å². The summed E-state index contributed by atoms with van der Waals surface area (Å²) in [6.45, 7) is 6.98. The van der Waals surface area contributed by atoms with Crippen LogP contribution in [0.3, 0.4) is 0 Å². The molecule has 25 heavy (non-hydrogen) atoms. The molecule has 0 spiro atoms. The zero-order valence-corrected chi connectivity index (χ0v) is 14.9. The van der Waals surface area contributed by atoms with Crippen molar-refractivity contribution >= 4 is 5.91 Å². The number of hydrogen-bond donors (Lipinski definition) is 2. The molecular weight excluding hydrogens is 320 g/mol. The average molecular weight is 344 g/mol. The van der Waals surface area contributed by atoms with E-state index in [1.807, 2.05) is 25.7 Å². The molecule has 0 bridgehead atoms. The lowest BCUT2D eigenvalue weighted by Crippen LogP contribution is -2.39. The summed E-state index contributed by atoms with van der Waals surface area (Å²) in [6.07, 6.45) is 2.96. The van der Waals surface area contributed by atoms with Crippen LogP contribution in [0.5, 0.6) is 0 Å². The first-order valence-electron chi connectivity index (χ1n) is 8.67. The molecule has 8 nitrogen and oxygen atoms in total. The van der Waals surface area contributed by atoms with Crippen molar-refractivity contribution in [3.05, 3.63) is 39.1 Å². The summed E-state index contributed by atoms with van der Waals surface area (Å²) in [7, 11) is 0. The van der Waals surface area contributed by atoms with Crippen molar-refractivity contribution in [1.29, 1.82) is 0 Å². The summed E-state index contributed by atoms with van der Waals surface area (Å²) in [5.41, 5.74) is 2.09. The summed E-state index contributed by atoms with van der Waals surface area (Å²) in [5.74, 6) is 1.92. The van der Waals surface area contributed by atoms with E-state index in [9.17, 15) is 9.59 Å². The van der Waals surface area contributed by atoms with Gasteiger partial charge < -0.3 is 9.88 Å². The summed E-state index contributed by atoms with van der Waals surface area (Å²) < 4.78 is 0. The molecular formula is C17H24N6O2. The van der Waals surface area contributed by atoms with Gasteiger partial charge in [0, 0.05) is 36.8 Å². The second kappa shape index (κ2) is 7.16. The number of amides is 1. The molecule has 3 heterocycles. The van der Waals surface area contributed by atoms with E-state index < -0.39 is 0 Å². The molecule has 1 aliphatic rings. The van der Waals surface area contributed by atoms with Crippen molar-refractivity contribution in [2.24, 2.45) is 0 Å². The lowest BCUT2D eigenvalue weighted by Gasteiger charge is -2.31. The highest BCUT2D eigenvalue weighted by atomic mass is 16.2. The topological polar surface area (TPSA) is 108 Å². The number of nitrogens with one attached hydrogen (secondary N) is 2. The van der Waals surface area contributed by atoms with Crippen molar-refractivity contribution in [2.75, 3.05) is 13.1 Å². The molecule has 8 heteroatoms. The largest absolute Gasteiger partial charge is 0.345 e. The minimum Gasteiger partial charge on any atom is -0.342 e. The smallest absolute Gasteiger partial charge is 0.342 e. The summed E-state index contributed by atoms with van der Waals surface area (Å²) in [5, 5.41) is 7.12. The maximum atomic E-state index is 12.6. The van der Waals surface area contributed by atoms with Gasteiger partial charge in [0.2, 0.25) is 5.91 Å². The number of carbonyl (C=O) groups excluding carboxylic acids is 1. The van der Waals surface area contributed by atoms with Crippen molar-refractivity contribution in [1.82, 2.24) is 30.0 Å². The maximum absolute atomic E-state index is 12.6. The van der Waals surface area contributed by atoms with Gasteiger partial charge in [-0.2, -0.15) is 10.1 Å². The number of likely N-dealkylation sites (tertiary alicyclic amines) is 1. The lowest BCUT2D eigenvalue weighted by atomic mass is 9.96. The van der Waals surface area contributed by atoms with Crippen LogP contribution in [0, 0.1) is 20.8 Å². The average Bonchev–Trinajstić information content (AvgIpc) is 3.00. The molecule has 2 aromatic rings. The zero-order chi connectivity index (χ0) is 18.0. The van der Waals surface area contributed by atoms with E-state index >= 15 is 0 Å². The Hall–Kier alpha value is -2.51. The molecule has 0 aromatic carbocycles.